The summed E-state index contributed by atoms with van der Waals surface area (Å²) in [5.74, 6) is 0. The number of hydrogen-bond acceptors (Lipinski definition) is 2. The molecule has 0 bridgehead atoms. The molecule has 0 atom stereocenters. The Bertz CT molecular complexity index is 231. The second-order valence-electron chi connectivity index (χ2n) is 4.86. The summed E-state index contributed by atoms with van der Waals surface area (Å²) < 4.78 is 0. The molecule has 1 fully saturated rings. The second kappa shape index (κ2) is 3.42. The van der Waals surface area contributed by atoms with Crippen LogP contribution in [0.3, 0.4) is 0 Å². The molecule has 0 aromatic heterocycles. The summed E-state index contributed by atoms with van der Waals surface area (Å²) >= 11 is 0. The largest absolute Gasteiger partial charge is 0.388 e. The summed E-state index contributed by atoms with van der Waals surface area (Å²) in [6.07, 6.45) is 0.936. The molecule has 1 aliphatic heterocycles. The maximum Gasteiger partial charge on any atom is 0.317 e. The van der Waals surface area contributed by atoms with Crippen LogP contribution in [0.15, 0.2) is 0 Å². The van der Waals surface area contributed by atoms with Gasteiger partial charge in [-0.1, -0.05) is 0 Å². The number of rotatable bonds is 2. The van der Waals surface area contributed by atoms with E-state index in [-0.39, 0.29) is 6.03 Å². The van der Waals surface area contributed by atoms with Crippen molar-refractivity contribution in [1.29, 1.82) is 0 Å². The highest BCUT2D eigenvalue weighted by Gasteiger charge is 2.43. The van der Waals surface area contributed by atoms with Crippen molar-refractivity contribution >= 4 is 6.03 Å². The van der Waals surface area contributed by atoms with E-state index in [9.17, 15) is 9.90 Å². The number of nitrogens with one attached hydrogen (secondary N) is 1. The number of nitrogens with zero attached hydrogens (tertiary/aromatic N) is 1. The van der Waals surface area contributed by atoms with E-state index in [0.29, 0.717) is 6.54 Å². The number of urea groups is 1. The van der Waals surface area contributed by atoms with Crippen LogP contribution in [0.2, 0.25) is 0 Å². The van der Waals surface area contributed by atoms with Crippen LogP contribution in [-0.2, 0) is 0 Å². The first kappa shape index (κ1) is 11.3. The predicted octanol–water partition coefficient (Wildman–Crippen LogP) is 0.951. The molecule has 1 rings (SSSR count). The normalized spacial score (nSPS) is 19.5. The maximum absolute atomic E-state index is 11.6. The van der Waals surface area contributed by atoms with Gasteiger partial charge in [0.05, 0.1) is 11.1 Å². The third-order valence-corrected chi connectivity index (χ3v) is 3.25. The highest BCUT2D eigenvalue weighted by molar-refractivity contribution is 5.75. The van der Waals surface area contributed by atoms with Crippen LogP contribution in [0, 0.1) is 0 Å². The maximum atomic E-state index is 11.6. The topological polar surface area (TPSA) is 52.6 Å². The lowest BCUT2D eigenvalue weighted by molar-refractivity contribution is -0.0575. The van der Waals surface area contributed by atoms with Crippen molar-refractivity contribution in [3.05, 3.63) is 0 Å². The Kier molecular flexibility index (Phi) is 2.76. The quantitative estimate of drug-likeness (QED) is 0.697. The molecule has 4 heteroatoms. The Labute approximate surface area is 85.3 Å². The van der Waals surface area contributed by atoms with Crippen molar-refractivity contribution in [3.8, 4) is 0 Å². The van der Waals surface area contributed by atoms with Crippen LogP contribution in [0.5, 0.6) is 0 Å². The molecule has 2 amide bonds. The molecule has 82 valence electrons. The van der Waals surface area contributed by atoms with Gasteiger partial charge in [0, 0.05) is 13.1 Å². The van der Waals surface area contributed by atoms with Gasteiger partial charge in [0.25, 0.3) is 0 Å². The van der Waals surface area contributed by atoms with E-state index in [2.05, 4.69) is 5.32 Å². The number of carbonyl (C=O) groups excluding carboxylic acids is 1. The van der Waals surface area contributed by atoms with E-state index < -0.39 is 11.1 Å². The highest BCUT2D eigenvalue weighted by Crippen LogP contribution is 2.28. The molecule has 0 aromatic carbocycles. The first-order valence-electron chi connectivity index (χ1n) is 5.04. The Hall–Kier alpha value is -0.770. The average molecular weight is 200 g/mol. The van der Waals surface area contributed by atoms with Crippen molar-refractivity contribution in [2.45, 2.75) is 45.3 Å². The zero-order chi connectivity index (χ0) is 11.0. The Morgan fingerprint density at radius 3 is 2.36 bits per heavy atom. The van der Waals surface area contributed by atoms with Crippen molar-refractivity contribution in [3.63, 3.8) is 0 Å². The molecule has 1 aliphatic rings. The zero-order valence-corrected chi connectivity index (χ0v) is 9.42. The van der Waals surface area contributed by atoms with Gasteiger partial charge in [-0.25, -0.2) is 4.79 Å². The third kappa shape index (κ3) is 1.85. The summed E-state index contributed by atoms with van der Waals surface area (Å²) in [7, 11) is 0. The number of aliphatic hydroxyl groups is 1. The molecule has 1 heterocycles. The first-order chi connectivity index (χ1) is 6.27. The SMILES string of the molecule is CC(C)(O)C(C)(C)N1CCCNC1=O. The molecule has 1 saturated heterocycles. The van der Waals surface area contributed by atoms with Crippen LogP contribution in [0.25, 0.3) is 0 Å². The van der Waals surface area contributed by atoms with Gasteiger partial charge in [-0.2, -0.15) is 0 Å². The smallest absolute Gasteiger partial charge is 0.317 e. The molecule has 0 radical (unpaired) electrons. The monoisotopic (exact) mass is 200 g/mol. The summed E-state index contributed by atoms with van der Waals surface area (Å²) in [6, 6.07) is -0.0802. The fourth-order valence-corrected chi connectivity index (χ4v) is 1.49. The van der Waals surface area contributed by atoms with Gasteiger partial charge in [0.15, 0.2) is 0 Å². The number of hydrogen-bond donors (Lipinski definition) is 2. The molecular formula is C10H20N2O2. The van der Waals surface area contributed by atoms with Crippen LogP contribution in [-0.4, -0.2) is 40.3 Å². The predicted molar refractivity (Wildman–Crippen MR) is 55.1 cm³/mol. The van der Waals surface area contributed by atoms with Gasteiger partial charge in [0.1, 0.15) is 0 Å². The van der Waals surface area contributed by atoms with E-state index in [1.54, 1.807) is 18.7 Å². The fraction of sp³-hybridized carbons (Fsp3) is 0.900. The van der Waals surface area contributed by atoms with E-state index in [4.69, 9.17) is 0 Å². The Morgan fingerprint density at radius 1 is 1.36 bits per heavy atom. The number of amides is 2. The van der Waals surface area contributed by atoms with Gasteiger partial charge in [-0.3, -0.25) is 0 Å². The lowest BCUT2D eigenvalue weighted by Gasteiger charge is -2.47. The van der Waals surface area contributed by atoms with Crippen molar-refractivity contribution < 1.29 is 9.90 Å². The standard InChI is InChI=1S/C10H20N2O2/c1-9(2,10(3,4)14)12-7-5-6-11-8(12)13/h14H,5-7H2,1-4H3,(H,11,13). The van der Waals surface area contributed by atoms with Gasteiger partial charge >= 0.3 is 6.03 Å². The molecule has 4 nitrogen and oxygen atoms in total. The van der Waals surface area contributed by atoms with E-state index >= 15 is 0 Å². The third-order valence-electron chi connectivity index (χ3n) is 3.25. The minimum atomic E-state index is -0.901. The second-order valence-corrected chi connectivity index (χ2v) is 4.86. The van der Waals surface area contributed by atoms with E-state index in [1.165, 1.54) is 0 Å². The molecule has 0 aliphatic carbocycles. The van der Waals surface area contributed by atoms with Crippen LogP contribution in [0.1, 0.15) is 34.1 Å². The van der Waals surface area contributed by atoms with Gasteiger partial charge in [-0.05, 0) is 34.1 Å². The molecule has 0 unspecified atom stereocenters. The average Bonchev–Trinajstić information content (AvgIpc) is 2.02. The molecule has 0 aromatic rings. The van der Waals surface area contributed by atoms with Crippen LogP contribution in [0.4, 0.5) is 4.79 Å². The van der Waals surface area contributed by atoms with Crippen LogP contribution < -0.4 is 5.32 Å². The van der Waals surface area contributed by atoms with Gasteiger partial charge in [0.2, 0.25) is 0 Å². The molecular weight excluding hydrogens is 180 g/mol. The summed E-state index contributed by atoms with van der Waals surface area (Å²) in [6.45, 7) is 8.68. The lowest BCUT2D eigenvalue weighted by atomic mass is 9.84. The van der Waals surface area contributed by atoms with Crippen molar-refractivity contribution in [2.75, 3.05) is 13.1 Å². The van der Waals surface area contributed by atoms with Crippen molar-refractivity contribution in [2.24, 2.45) is 0 Å². The van der Waals surface area contributed by atoms with Crippen molar-refractivity contribution in [1.82, 2.24) is 10.2 Å². The highest BCUT2D eigenvalue weighted by atomic mass is 16.3. The van der Waals surface area contributed by atoms with E-state index in [0.717, 1.165) is 13.0 Å². The number of carbonyl (C=O) groups is 1. The van der Waals surface area contributed by atoms with Gasteiger partial charge < -0.3 is 15.3 Å². The van der Waals surface area contributed by atoms with Crippen LogP contribution >= 0.6 is 0 Å². The first-order valence-corrected chi connectivity index (χ1v) is 5.04. The summed E-state index contributed by atoms with van der Waals surface area (Å²) in [5.41, 5.74) is -1.45. The Balaban J connectivity index is 2.85. The summed E-state index contributed by atoms with van der Waals surface area (Å²) in [5, 5.41) is 12.8. The molecule has 0 spiro atoms. The Morgan fingerprint density at radius 2 is 1.93 bits per heavy atom. The lowest BCUT2D eigenvalue weighted by Crippen LogP contribution is -2.64. The minimum Gasteiger partial charge on any atom is -0.388 e. The summed E-state index contributed by atoms with van der Waals surface area (Å²) in [4.78, 5) is 13.3. The molecule has 0 saturated carbocycles. The molecule has 2 N–H and O–H groups in total. The molecule has 14 heavy (non-hydrogen) atoms. The van der Waals surface area contributed by atoms with Gasteiger partial charge in [-0.15, -0.1) is 0 Å². The zero-order valence-electron chi connectivity index (χ0n) is 9.42. The van der Waals surface area contributed by atoms with E-state index in [1.807, 2.05) is 13.8 Å². The minimum absolute atomic E-state index is 0.0802. The fourth-order valence-electron chi connectivity index (χ4n) is 1.49.